The zero-order chi connectivity index (χ0) is 15.8. The topological polar surface area (TPSA) is 45.8 Å². The Balaban J connectivity index is 0.000000188. The third-order valence-electron chi connectivity index (χ3n) is 3.91. The molecule has 2 atom stereocenters. The number of para-hydroxylation sites is 1. The van der Waals surface area contributed by atoms with E-state index in [1.54, 1.807) is 0 Å². The van der Waals surface area contributed by atoms with Crippen molar-refractivity contribution in [3.63, 3.8) is 0 Å². The maximum absolute atomic E-state index is 5.11. The van der Waals surface area contributed by atoms with E-state index in [0.717, 1.165) is 32.8 Å². The normalized spacial score (nSPS) is 25.7. The van der Waals surface area contributed by atoms with Crippen molar-refractivity contribution in [1.82, 2.24) is 10.6 Å². The Morgan fingerprint density at radius 3 is 2.50 bits per heavy atom. The number of nitrogens with one attached hydrogen (secondary N) is 2. The van der Waals surface area contributed by atoms with Gasteiger partial charge in [0.05, 0.1) is 13.2 Å². The van der Waals surface area contributed by atoms with E-state index in [1.807, 2.05) is 7.05 Å². The maximum Gasteiger partial charge on any atom is 0.170 e. The van der Waals surface area contributed by atoms with E-state index in [1.165, 1.54) is 5.69 Å². The molecule has 0 aromatic heterocycles. The molecule has 22 heavy (non-hydrogen) atoms. The number of piperazine rings is 1. The second kappa shape index (κ2) is 9.10. The first kappa shape index (κ1) is 17.2. The molecule has 1 aromatic rings. The van der Waals surface area contributed by atoms with Crippen LogP contribution in [0.2, 0.25) is 0 Å². The molecule has 2 heterocycles. The first-order chi connectivity index (χ1) is 10.7. The van der Waals surface area contributed by atoms with Gasteiger partial charge >= 0.3 is 0 Å². The van der Waals surface area contributed by atoms with Crippen LogP contribution in [0.25, 0.3) is 0 Å². The molecule has 2 unspecified atom stereocenters. The van der Waals surface area contributed by atoms with Gasteiger partial charge in [-0.15, -0.1) is 0 Å². The Hall–Kier alpha value is -1.14. The predicted molar refractivity (Wildman–Crippen MR) is 90.3 cm³/mol. The lowest BCUT2D eigenvalue weighted by molar-refractivity contribution is -0.0378. The van der Waals surface area contributed by atoms with Crippen LogP contribution in [-0.4, -0.2) is 58.3 Å². The summed E-state index contributed by atoms with van der Waals surface area (Å²) in [5, 5.41) is 6.45. The summed E-state index contributed by atoms with van der Waals surface area (Å²) in [6, 6.07) is 11.8. The number of nitrogens with zero attached hydrogens (tertiary/aromatic N) is 1. The summed E-state index contributed by atoms with van der Waals surface area (Å²) < 4.78 is 10.2. The van der Waals surface area contributed by atoms with E-state index in [4.69, 9.17) is 9.47 Å². The summed E-state index contributed by atoms with van der Waals surface area (Å²) in [6.07, 6.45) is -0.000000000000000222. The Kier molecular flexibility index (Phi) is 7.12. The maximum atomic E-state index is 5.11. The number of ether oxygens (including phenoxy) is 2. The quantitative estimate of drug-likeness (QED) is 0.885. The van der Waals surface area contributed by atoms with Gasteiger partial charge in [0, 0.05) is 37.4 Å². The highest BCUT2D eigenvalue weighted by Crippen LogP contribution is 2.18. The lowest BCUT2D eigenvalue weighted by Gasteiger charge is -2.39. The van der Waals surface area contributed by atoms with Gasteiger partial charge in [-0.25, -0.2) is 0 Å². The molecule has 2 aliphatic rings. The molecular formula is C17H29N3O2. The lowest BCUT2D eigenvalue weighted by Crippen LogP contribution is -2.54. The van der Waals surface area contributed by atoms with Crippen molar-refractivity contribution < 1.29 is 9.47 Å². The van der Waals surface area contributed by atoms with Crippen LogP contribution < -0.4 is 15.5 Å². The molecule has 5 heteroatoms. The molecule has 5 nitrogen and oxygen atoms in total. The molecule has 2 N–H and O–H groups in total. The minimum Gasteiger partial charge on any atom is -0.366 e. The van der Waals surface area contributed by atoms with Gasteiger partial charge in [0.25, 0.3) is 0 Å². The molecule has 0 spiro atoms. The largest absolute Gasteiger partial charge is 0.366 e. The molecule has 0 bridgehead atoms. The number of anilines is 1. The van der Waals surface area contributed by atoms with Crippen LogP contribution in [0, 0.1) is 0 Å². The van der Waals surface area contributed by atoms with Gasteiger partial charge < -0.3 is 25.0 Å². The van der Waals surface area contributed by atoms with Crippen molar-refractivity contribution in [3.05, 3.63) is 30.3 Å². The number of hydrogen-bond donors (Lipinski definition) is 2. The van der Waals surface area contributed by atoms with Gasteiger partial charge in [0.2, 0.25) is 0 Å². The zero-order valence-corrected chi connectivity index (χ0v) is 13.9. The summed E-state index contributed by atoms with van der Waals surface area (Å²) in [5.41, 5.74) is 1.34. The first-order valence-corrected chi connectivity index (χ1v) is 8.13. The second-order valence-electron chi connectivity index (χ2n) is 5.88. The van der Waals surface area contributed by atoms with Crippen LogP contribution >= 0.6 is 0 Å². The second-order valence-corrected chi connectivity index (χ2v) is 5.88. The van der Waals surface area contributed by atoms with Crippen LogP contribution in [0.15, 0.2) is 30.3 Å². The molecule has 1 aromatic carbocycles. The van der Waals surface area contributed by atoms with Crippen molar-refractivity contribution in [1.29, 1.82) is 0 Å². The molecule has 3 rings (SSSR count). The molecule has 2 aliphatic heterocycles. The van der Waals surface area contributed by atoms with Crippen LogP contribution in [-0.2, 0) is 9.47 Å². The Morgan fingerprint density at radius 2 is 1.86 bits per heavy atom. The average molecular weight is 307 g/mol. The number of rotatable bonds is 3. The van der Waals surface area contributed by atoms with Crippen molar-refractivity contribution in [3.8, 4) is 0 Å². The third kappa shape index (κ3) is 5.25. The number of benzene rings is 1. The highest BCUT2D eigenvalue weighted by atomic mass is 16.7. The summed E-state index contributed by atoms with van der Waals surface area (Å²) in [7, 11) is 1.88. The molecule has 0 aliphatic carbocycles. The van der Waals surface area contributed by atoms with Crippen molar-refractivity contribution in [2.45, 2.75) is 32.2 Å². The van der Waals surface area contributed by atoms with Crippen LogP contribution in [0.1, 0.15) is 13.8 Å². The van der Waals surface area contributed by atoms with Gasteiger partial charge in [0.15, 0.2) is 6.29 Å². The Labute approximate surface area is 134 Å². The van der Waals surface area contributed by atoms with Crippen LogP contribution in [0.3, 0.4) is 0 Å². The molecule has 124 valence electrons. The highest BCUT2D eigenvalue weighted by molar-refractivity contribution is 5.47. The fourth-order valence-electron chi connectivity index (χ4n) is 2.69. The Bertz CT molecular complexity index is 410. The average Bonchev–Trinajstić information content (AvgIpc) is 3.05. The molecule has 0 saturated carbocycles. The lowest BCUT2D eigenvalue weighted by atomic mass is 10.1. The van der Waals surface area contributed by atoms with Crippen molar-refractivity contribution in [2.75, 3.05) is 44.8 Å². The molecule has 2 saturated heterocycles. The van der Waals surface area contributed by atoms with Crippen molar-refractivity contribution in [2.24, 2.45) is 0 Å². The molecule has 0 radical (unpaired) electrons. The summed E-state index contributed by atoms with van der Waals surface area (Å²) in [5.74, 6) is 0. The van der Waals surface area contributed by atoms with Gasteiger partial charge in [-0.2, -0.15) is 0 Å². The van der Waals surface area contributed by atoms with Gasteiger partial charge in [-0.3, -0.25) is 0 Å². The summed E-state index contributed by atoms with van der Waals surface area (Å²) in [4.78, 5) is 2.47. The predicted octanol–water partition coefficient (Wildman–Crippen LogP) is 1.45. The van der Waals surface area contributed by atoms with E-state index in [-0.39, 0.29) is 6.29 Å². The fourth-order valence-corrected chi connectivity index (χ4v) is 2.69. The van der Waals surface area contributed by atoms with Crippen LogP contribution in [0.5, 0.6) is 0 Å². The number of hydrogen-bond acceptors (Lipinski definition) is 5. The van der Waals surface area contributed by atoms with Gasteiger partial charge in [-0.1, -0.05) is 18.2 Å². The minimum absolute atomic E-state index is 0.000000000000000222. The highest BCUT2D eigenvalue weighted by Gasteiger charge is 2.21. The summed E-state index contributed by atoms with van der Waals surface area (Å²) in [6.45, 7) is 8.97. The Morgan fingerprint density at radius 1 is 1.18 bits per heavy atom. The van der Waals surface area contributed by atoms with E-state index < -0.39 is 0 Å². The minimum atomic E-state index is -0.000000000000000222. The standard InChI is InChI=1S/C12H18N2.C5H11NO2/c1-10-9-14(11(2)8-13-10)12-6-4-3-5-7-12;1-6-4-5-7-2-3-8-5/h3-7,10-11,13H,8-9H2,1-2H3;5-6H,2-4H2,1H3. The van der Waals surface area contributed by atoms with E-state index >= 15 is 0 Å². The summed E-state index contributed by atoms with van der Waals surface area (Å²) >= 11 is 0. The van der Waals surface area contributed by atoms with Gasteiger partial charge in [-0.05, 0) is 33.0 Å². The van der Waals surface area contributed by atoms with Crippen molar-refractivity contribution >= 4 is 5.69 Å². The van der Waals surface area contributed by atoms with E-state index in [0.29, 0.717) is 12.1 Å². The smallest absolute Gasteiger partial charge is 0.170 e. The molecular weight excluding hydrogens is 278 g/mol. The number of likely N-dealkylation sites (N-methyl/N-ethyl adjacent to an activating group) is 1. The van der Waals surface area contributed by atoms with Gasteiger partial charge in [0.1, 0.15) is 0 Å². The van der Waals surface area contributed by atoms with E-state index in [9.17, 15) is 0 Å². The van der Waals surface area contributed by atoms with E-state index in [2.05, 4.69) is 59.7 Å². The van der Waals surface area contributed by atoms with Crippen LogP contribution in [0.4, 0.5) is 5.69 Å². The molecule has 2 fully saturated rings. The first-order valence-electron chi connectivity index (χ1n) is 8.13. The fraction of sp³-hybridized carbons (Fsp3) is 0.647. The zero-order valence-electron chi connectivity index (χ0n) is 13.9. The monoisotopic (exact) mass is 307 g/mol. The molecule has 0 amide bonds. The SMILES string of the molecule is CC1CN(c2ccccc2)C(C)CN1.CNCC1OCCO1. The third-order valence-corrected chi connectivity index (χ3v) is 3.91.